The predicted molar refractivity (Wildman–Crippen MR) is 157 cm³/mol. The molecule has 1 amide bonds. The van der Waals surface area contributed by atoms with Crippen molar-refractivity contribution in [3.8, 4) is 11.1 Å². The lowest BCUT2D eigenvalue weighted by molar-refractivity contribution is -0.186. The van der Waals surface area contributed by atoms with Gasteiger partial charge in [0, 0.05) is 43.9 Å². The van der Waals surface area contributed by atoms with Crippen LogP contribution in [-0.2, 0) is 27.8 Å². The van der Waals surface area contributed by atoms with Gasteiger partial charge in [-0.25, -0.2) is 0 Å². The number of amides is 1. The van der Waals surface area contributed by atoms with Crippen molar-refractivity contribution >= 4 is 11.9 Å². The van der Waals surface area contributed by atoms with Gasteiger partial charge in [-0.05, 0) is 67.3 Å². The number of likely N-dealkylation sites (tertiary alicyclic amines) is 1. The summed E-state index contributed by atoms with van der Waals surface area (Å²) in [6, 6.07) is 17.3. The van der Waals surface area contributed by atoms with Gasteiger partial charge in [-0.1, -0.05) is 54.6 Å². The van der Waals surface area contributed by atoms with Gasteiger partial charge in [0.1, 0.15) is 0 Å². The van der Waals surface area contributed by atoms with Crippen LogP contribution in [0.15, 0.2) is 67.0 Å². The zero-order valence-corrected chi connectivity index (χ0v) is 24.7. The molecule has 3 aromatic rings. The standard InChI is InChI=1S/C33H39F3N4O3/c1-38-23-27(22-37-38)26-10-6-7-24(19-26)21-32(12-16-39(17-13-32)15-11-30(41)43-2)14-18-40(31(42)33(34,35)36)29-20-28(29)25-8-4-3-5-9-25/h3-10,19,22-23,28-29H,11-18,20-21H2,1-2H3/t28-,29+/m0/s1. The first-order chi connectivity index (χ1) is 20.6. The molecule has 43 heavy (non-hydrogen) atoms. The van der Waals surface area contributed by atoms with Crippen LogP contribution in [0.1, 0.15) is 49.1 Å². The third-order valence-electron chi connectivity index (χ3n) is 9.09. The second-order valence-electron chi connectivity index (χ2n) is 12.0. The van der Waals surface area contributed by atoms with Crippen LogP contribution in [0, 0.1) is 5.41 Å². The van der Waals surface area contributed by atoms with Crippen molar-refractivity contribution in [1.29, 1.82) is 0 Å². The monoisotopic (exact) mass is 596 g/mol. The molecular weight excluding hydrogens is 557 g/mol. The number of benzene rings is 2. The molecule has 1 saturated heterocycles. The van der Waals surface area contributed by atoms with Crippen molar-refractivity contribution in [2.24, 2.45) is 12.5 Å². The van der Waals surface area contributed by atoms with E-state index >= 15 is 0 Å². The SMILES string of the molecule is COC(=O)CCN1CCC(CCN(C(=O)C(F)(F)F)[C@@H]2C[C@H]2c2ccccc2)(Cc2cccc(-c3cnn(C)c3)c2)CC1. The Kier molecular flexibility index (Phi) is 9.25. The number of carbonyl (C=O) groups is 2. The first kappa shape index (κ1) is 30.8. The number of aryl methyl sites for hydroxylation is 1. The Morgan fingerprint density at radius 2 is 1.81 bits per heavy atom. The van der Waals surface area contributed by atoms with Crippen molar-refractivity contribution in [3.05, 3.63) is 78.1 Å². The fraction of sp³-hybridized carbons (Fsp3) is 0.485. The lowest BCUT2D eigenvalue weighted by atomic mass is 9.71. The van der Waals surface area contributed by atoms with Gasteiger partial charge >= 0.3 is 18.1 Å². The van der Waals surface area contributed by atoms with E-state index < -0.39 is 18.1 Å². The third kappa shape index (κ3) is 7.65. The molecule has 10 heteroatoms. The third-order valence-corrected chi connectivity index (χ3v) is 9.09. The number of hydrogen-bond acceptors (Lipinski definition) is 5. The maximum absolute atomic E-state index is 13.8. The summed E-state index contributed by atoms with van der Waals surface area (Å²) in [5.41, 5.74) is 3.81. The summed E-state index contributed by atoms with van der Waals surface area (Å²) in [5.74, 6) is -2.09. The average Bonchev–Trinajstić information content (AvgIpc) is 3.67. The Labute approximate surface area is 250 Å². The summed E-state index contributed by atoms with van der Waals surface area (Å²) in [7, 11) is 3.24. The van der Waals surface area contributed by atoms with Crippen molar-refractivity contribution in [2.75, 3.05) is 33.3 Å². The van der Waals surface area contributed by atoms with E-state index in [4.69, 9.17) is 4.74 Å². The molecule has 1 aromatic heterocycles. The molecule has 0 unspecified atom stereocenters. The maximum Gasteiger partial charge on any atom is 0.471 e. The van der Waals surface area contributed by atoms with Crippen LogP contribution >= 0.6 is 0 Å². The van der Waals surface area contributed by atoms with Gasteiger partial charge in [0.25, 0.3) is 0 Å². The van der Waals surface area contributed by atoms with Gasteiger partial charge in [-0.3, -0.25) is 14.3 Å². The zero-order valence-electron chi connectivity index (χ0n) is 24.7. The van der Waals surface area contributed by atoms with Crippen LogP contribution in [0.3, 0.4) is 0 Å². The molecule has 0 radical (unpaired) electrons. The highest BCUT2D eigenvalue weighted by Crippen LogP contribution is 2.47. The zero-order chi connectivity index (χ0) is 30.6. The Morgan fingerprint density at radius 3 is 2.47 bits per heavy atom. The molecule has 1 aliphatic carbocycles. The lowest BCUT2D eigenvalue weighted by Gasteiger charge is -2.43. The molecular formula is C33H39F3N4O3. The highest BCUT2D eigenvalue weighted by atomic mass is 19.4. The smallest absolute Gasteiger partial charge is 0.469 e. The van der Waals surface area contributed by atoms with E-state index in [-0.39, 0.29) is 23.8 Å². The number of rotatable bonds is 11. The highest BCUT2D eigenvalue weighted by Gasteiger charge is 2.52. The van der Waals surface area contributed by atoms with Crippen LogP contribution in [0.4, 0.5) is 13.2 Å². The summed E-state index contributed by atoms with van der Waals surface area (Å²) in [5, 5.41) is 4.28. The molecule has 1 saturated carbocycles. The van der Waals surface area contributed by atoms with Gasteiger partial charge in [-0.15, -0.1) is 0 Å². The molecule has 7 nitrogen and oxygen atoms in total. The summed E-state index contributed by atoms with van der Waals surface area (Å²) in [6.45, 7) is 2.08. The number of esters is 1. The first-order valence-electron chi connectivity index (χ1n) is 14.9. The van der Waals surface area contributed by atoms with E-state index in [9.17, 15) is 22.8 Å². The average molecular weight is 597 g/mol. The van der Waals surface area contributed by atoms with Crippen molar-refractivity contribution < 1.29 is 27.5 Å². The van der Waals surface area contributed by atoms with Gasteiger partial charge in [-0.2, -0.15) is 18.3 Å². The van der Waals surface area contributed by atoms with E-state index in [1.165, 1.54) is 7.11 Å². The number of alkyl halides is 3. The van der Waals surface area contributed by atoms with Crippen LogP contribution < -0.4 is 0 Å². The van der Waals surface area contributed by atoms with Gasteiger partial charge < -0.3 is 14.5 Å². The summed E-state index contributed by atoms with van der Waals surface area (Å²) < 4.78 is 48.0. The fourth-order valence-corrected chi connectivity index (χ4v) is 6.50. The molecule has 2 aliphatic rings. The highest BCUT2D eigenvalue weighted by molar-refractivity contribution is 5.82. The van der Waals surface area contributed by atoms with Crippen LogP contribution in [0.5, 0.6) is 0 Å². The summed E-state index contributed by atoms with van der Waals surface area (Å²) >= 11 is 0. The molecule has 5 rings (SSSR count). The molecule has 230 valence electrons. The second kappa shape index (κ2) is 12.9. The maximum atomic E-state index is 13.8. The number of piperidine rings is 1. The first-order valence-corrected chi connectivity index (χ1v) is 14.9. The van der Waals surface area contributed by atoms with E-state index in [0.29, 0.717) is 32.2 Å². The van der Waals surface area contributed by atoms with Crippen LogP contribution in [0.2, 0.25) is 0 Å². The Morgan fingerprint density at radius 1 is 1.07 bits per heavy atom. The number of carbonyl (C=O) groups excluding carboxylic acids is 2. The number of hydrogen-bond donors (Lipinski definition) is 0. The molecule has 2 fully saturated rings. The number of nitrogens with zero attached hydrogens (tertiary/aromatic N) is 4. The van der Waals surface area contributed by atoms with E-state index in [0.717, 1.165) is 53.1 Å². The molecule has 2 aromatic carbocycles. The van der Waals surface area contributed by atoms with Crippen molar-refractivity contribution in [3.63, 3.8) is 0 Å². The number of aromatic nitrogens is 2. The van der Waals surface area contributed by atoms with E-state index in [2.05, 4.69) is 22.1 Å². The number of ether oxygens (including phenoxy) is 1. The molecule has 2 heterocycles. The van der Waals surface area contributed by atoms with Gasteiger partial charge in [0.2, 0.25) is 0 Å². The van der Waals surface area contributed by atoms with Crippen molar-refractivity contribution in [1.82, 2.24) is 19.6 Å². The van der Waals surface area contributed by atoms with E-state index in [1.807, 2.05) is 61.9 Å². The second-order valence-corrected chi connectivity index (χ2v) is 12.0. The Bertz CT molecular complexity index is 1400. The van der Waals surface area contributed by atoms with Crippen LogP contribution in [-0.4, -0.2) is 77.0 Å². The van der Waals surface area contributed by atoms with Crippen molar-refractivity contribution in [2.45, 2.75) is 56.7 Å². The predicted octanol–water partition coefficient (Wildman–Crippen LogP) is 5.61. The molecule has 0 bridgehead atoms. The minimum Gasteiger partial charge on any atom is -0.469 e. The summed E-state index contributed by atoms with van der Waals surface area (Å²) in [6.07, 6.45) is 2.34. The molecule has 0 spiro atoms. The topological polar surface area (TPSA) is 67.7 Å². The fourth-order valence-electron chi connectivity index (χ4n) is 6.50. The minimum absolute atomic E-state index is 0.0524. The number of halogens is 3. The molecule has 0 N–H and O–H groups in total. The van der Waals surface area contributed by atoms with E-state index in [1.54, 1.807) is 4.68 Å². The minimum atomic E-state index is -4.92. The quantitative estimate of drug-likeness (QED) is 0.269. The van der Waals surface area contributed by atoms with Gasteiger partial charge in [0.15, 0.2) is 0 Å². The Hall–Kier alpha value is -3.66. The molecule has 1 aliphatic heterocycles. The largest absolute Gasteiger partial charge is 0.471 e. The normalized spacial score (nSPS) is 20.0. The van der Waals surface area contributed by atoms with Crippen LogP contribution in [0.25, 0.3) is 11.1 Å². The lowest BCUT2D eigenvalue weighted by Crippen LogP contribution is -2.47. The Balaban J connectivity index is 1.36. The summed E-state index contributed by atoms with van der Waals surface area (Å²) in [4.78, 5) is 27.7. The van der Waals surface area contributed by atoms with Gasteiger partial charge in [0.05, 0.1) is 19.7 Å². The molecule has 2 atom stereocenters. The number of methoxy groups -OCH3 is 1.